The highest BCUT2D eigenvalue weighted by Gasteiger charge is 2.42. The van der Waals surface area contributed by atoms with Crippen LogP contribution in [0.3, 0.4) is 0 Å². The second kappa shape index (κ2) is 9.96. The number of fused-ring (bicyclic) bond motifs is 1. The van der Waals surface area contributed by atoms with Gasteiger partial charge in [0.1, 0.15) is 0 Å². The Morgan fingerprint density at radius 2 is 1.69 bits per heavy atom. The summed E-state index contributed by atoms with van der Waals surface area (Å²) in [5.74, 6) is -1.06. The smallest absolute Gasteiger partial charge is 0.315 e. The minimum absolute atomic E-state index is 0.0311. The number of carbonyl (C=O) groups is 2. The Hall–Kier alpha value is -2.29. The van der Waals surface area contributed by atoms with Gasteiger partial charge in [-0.3, -0.25) is 4.79 Å². The number of nitrogens with one attached hydrogen (secondary N) is 3. The molecule has 2 saturated heterocycles. The fourth-order valence-electron chi connectivity index (χ4n) is 3.86. The van der Waals surface area contributed by atoms with Crippen molar-refractivity contribution >= 4 is 23.7 Å². The van der Waals surface area contributed by atoms with Gasteiger partial charge in [-0.15, -0.1) is 0 Å². The zero-order valence-corrected chi connectivity index (χ0v) is 17.1. The lowest BCUT2D eigenvalue weighted by Gasteiger charge is -2.16. The predicted molar refractivity (Wildman–Crippen MR) is 112 cm³/mol. The lowest BCUT2D eigenvalue weighted by atomic mass is 10.0. The van der Waals surface area contributed by atoms with Crippen LogP contribution in [0.2, 0.25) is 0 Å². The van der Waals surface area contributed by atoms with E-state index in [4.69, 9.17) is 0 Å². The van der Waals surface area contributed by atoms with Gasteiger partial charge in [0, 0.05) is 23.1 Å². The van der Waals surface area contributed by atoms with Gasteiger partial charge >= 0.3 is 6.03 Å². The Kier molecular flexibility index (Phi) is 7.35. The molecule has 160 valence electrons. The van der Waals surface area contributed by atoms with Crippen molar-refractivity contribution in [3.05, 3.63) is 17.7 Å². The van der Waals surface area contributed by atoms with Gasteiger partial charge in [-0.1, -0.05) is 32.1 Å². The molecule has 0 unspecified atom stereocenters. The van der Waals surface area contributed by atoms with Gasteiger partial charge in [-0.05, 0) is 25.0 Å². The third-order valence-electron chi connectivity index (χ3n) is 5.47. The number of amides is 3. The molecule has 9 heteroatoms. The lowest BCUT2D eigenvalue weighted by molar-refractivity contribution is 0.0952. The molecule has 0 saturated carbocycles. The summed E-state index contributed by atoms with van der Waals surface area (Å²) in [6, 6.07) is 2.80. The standard InChI is InChI=1S/C20H29N3O5S/c24-14-9-12(10-15(25)18(14)26)19(27)21-8-6-4-2-1-3-5-7-16-17-13(11-29-16)22-20(28)23-17/h9-10,13,16-17,24-26H,1-8,11H2,(H,21,27)(H2,22,23,28)/t13-,16-,17-/m0/s1. The average Bonchev–Trinajstić information content (AvgIpc) is 3.23. The van der Waals surface area contributed by atoms with Gasteiger partial charge in [0.25, 0.3) is 5.91 Å². The largest absolute Gasteiger partial charge is 0.504 e. The summed E-state index contributed by atoms with van der Waals surface area (Å²) in [4.78, 5) is 23.4. The zero-order chi connectivity index (χ0) is 20.8. The van der Waals surface area contributed by atoms with E-state index in [9.17, 15) is 24.9 Å². The molecule has 2 fully saturated rings. The van der Waals surface area contributed by atoms with Gasteiger partial charge in [0.2, 0.25) is 0 Å². The highest BCUT2D eigenvalue weighted by atomic mass is 32.2. The van der Waals surface area contributed by atoms with Gasteiger partial charge < -0.3 is 31.3 Å². The van der Waals surface area contributed by atoms with Crippen molar-refractivity contribution in [3.63, 3.8) is 0 Å². The van der Waals surface area contributed by atoms with Crippen LogP contribution in [-0.4, -0.2) is 56.9 Å². The van der Waals surface area contributed by atoms with Crippen LogP contribution in [0.15, 0.2) is 12.1 Å². The second-order valence-corrected chi connectivity index (χ2v) is 8.92. The molecule has 29 heavy (non-hydrogen) atoms. The van der Waals surface area contributed by atoms with E-state index in [0.29, 0.717) is 17.8 Å². The Morgan fingerprint density at radius 3 is 2.41 bits per heavy atom. The molecule has 0 bridgehead atoms. The highest BCUT2D eigenvalue weighted by molar-refractivity contribution is 8.00. The minimum atomic E-state index is -0.627. The van der Waals surface area contributed by atoms with E-state index in [1.807, 2.05) is 11.8 Å². The SMILES string of the molecule is O=C1N[C@H]2[C@H](CS[C@H]2CCCCCCCCNC(=O)c2cc(O)c(O)c(O)c2)N1. The van der Waals surface area contributed by atoms with Gasteiger partial charge in [0.05, 0.1) is 12.1 Å². The number of urea groups is 1. The fraction of sp³-hybridized carbons (Fsp3) is 0.600. The van der Waals surface area contributed by atoms with E-state index in [1.165, 1.54) is 12.8 Å². The summed E-state index contributed by atoms with van der Waals surface area (Å²) in [5.41, 5.74) is 0.110. The molecule has 0 radical (unpaired) electrons. The van der Waals surface area contributed by atoms with E-state index >= 15 is 0 Å². The van der Waals surface area contributed by atoms with Crippen molar-refractivity contribution in [3.8, 4) is 17.2 Å². The van der Waals surface area contributed by atoms with Crippen molar-refractivity contribution in [2.75, 3.05) is 12.3 Å². The summed E-state index contributed by atoms with van der Waals surface area (Å²) in [6.45, 7) is 0.524. The van der Waals surface area contributed by atoms with Crippen LogP contribution in [0.25, 0.3) is 0 Å². The Balaban J connectivity index is 1.21. The Bertz CT molecular complexity index is 722. The monoisotopic (exact) mass is 423 g/mol. The number of rotatable bonds is 10. The third-order valence-corrected chi connectivity index (χ3v) is 6.98. The number of thioether (sulfide) groups is 1. The normalized spacial score (nSPS) is 22.8. The molecule has 1 aromatic rings. The van der Waals surface area contributed by atoms with Crippen molar-refractivity contribution in [1.29, 1.82) is 0 Å². The van der Waals surface area contributed by atoms with Crippen molar-refractivity contribution in [1.82, 2.24) is 16.0 Å². The van der Waals surface area contributed by atoms with E-state index in [-0.39, 0.29) is 17.6 Å². The first kappa shape index (κ1) is 21.4. The first-order valence-electron chi connectivity index (χ1n) is 10.2. The van der Waals surface area contributed by atoms with Gasteiger partial charge in [-0.25, -0.2) is 4.79 Å². The van der Waals surface area contributed by atoms with Crippen LogP contribution in [-0.2, 0) is 0 Å². The van der Waals surface area contributed by atoms with Crippen LogP contribution < -0.4 is 16.0 Å². The van der Waals surface area contributed by atoms with Gasteiger partial charge in [-0.2, -0.15) is 11.8 Å². The molecule has 3 atom stereocenters. The summed E-state index contributed by atoms with van der Waals surface area (Å²) in [5, 5.41) is 37.5. The number of carbonyl (C=O) groups excluding carboxylic acids is 2. The second-order valence-electron chi connectivity index (χ2n) is 7.65. The lowest BCUT2D eigenvalue weighted by Crippen LogP contribution is -2.36. The van der Waals surface area contributed by atoms with Crippen molar-refractivity contribution < 1.29 is 24.9 Å². The summed E-state index contributed by atoms with van der Waals surface area (Å²) in [6.07, 6.45) is 7.63. The molecule has 3 amide bonds. The van der Waals surface area contributed by atoms with E-state index in [0.717, 1.165) is 50.0 Å². The molecular formula is C20H29N3O5S. The van der Waals surface area contributed by atoms with E-state index < -0.39 is 23.2 Å². The number of phenols is 3. The van der Waals surface area contributed by atoms with E-state index in [2.05, 4.69) is 16.0 Å². The maximum absolute atomic E-state index is 12.0. The first-order valence-corrected chi connectivity index (χ1v) is 11.2. The molecule has 6 N–H and O–H groups in total. The average molecular weight is 424 g/mol. The molecule has 3 rings (SSSR count). The molecule has 0 aliphatic carbocycles. The molecule has 0 aromatic heterocycles. The fourth-order valence-corrected chi connectivity index (χ4v) is 5.40. The maximum Gasteiger partial charge on any atom is 0.315 e. The number of aromatic hydroxyl groups is 3. The molecule has 2 aliphatic rings. The molecule has 1 aromatic carbocycles. The molecule has 2 heterocycles. The number of hydrogen-bond donors (Lipinski definition) is 6. The summed E-state index contributed by atoms with van der Waals surface area (Å²) < 4.78 is 0. The molecular weight excluding hydrogens is 394 g/mol. The van der Waals surface area contributed by atoms with Crippen LogP contribution in [0.5, 0.6) is 17.2 Å². The summed E-state index contributed by atoms with van der Waals surface area (Å²) in [7, 11) is 0. The Labute approximate surface area is 174 Å². The van der Waals surface area contributed by atoms with Crippen LogP contribution >= 0.6 is 11.8 Å². The number of hydrogen-bond acceptors (Lipinski definition) is 6. The predicted octanol–water partition coefficient (Wildman–Crippen LogP) is 2.43. The highest BCUT2D eigenvalue weighted by Crippen LogP contribution is 2.35. The van der Waals surface area contributed by atoms with E-state index in [1.54, 1.807) is 0 Å². The van der Waals surface area contributed by atoms with Gasteiger partial charge in [0.15, 0.2) is 17.2 Å². The van der Waals surface area contributed by atoms with Crippen LogP contribution in [0.1, 0.15) is 55.3 Å². The van der Waals surface area contributed by atoms with Crippen molar-refractivity contribution in [2.24, 2.45) is 0 Å². The molecule has 8 nitrogen and oxygen atoms in total. The number of phenolic OH excluding ortho intramolecular Hbond substituents is 3. The summed E-state index contributed by atoms with van der Waals surface area (Å²) >= 11 is 1.95. The number of benzene rings is 1. The molecule has 0 spiro atoms. The minimum Gasteiger partial charge on any atom is -0.504 e. The topological polar surface area (TPSA) is 131 Å². The Morgan fingerprint density at radius 1 is 1.03 bits per heavy atom. The number of unbranched alkanes of at least 4 members (excludes halogenated alkanes) is 5. The van der Waals surface area contributed by atoms with Crippen molar-refractivity contribution in [2.45, 2.75) is 62.3 Å². The molecule has 2 aliphatic heterocycles. The zero-order valence-electron chi connectivity index (χ0n) is 16.3. The maximum atomic E-state index is 12.0. The van der Waals surface area contributed by atoms with Crippen LogP contribution in [0.4, 0.5) is 4.79 Å². The third kappa shape index (κ3) is 5.62. The first-order chi connectivity index (χ1) is 14.0. The van der Waals surface area contributed by atoms with Crippen LogP contribution in [0, 0.1) is 0 Å². The quantitative estimate of drug-likeness (QED) is 0.195.